The van der Waals surface area contributed by atoms with Gasteiger partial charge in [0.15, 0.2) is 6.10 Å². The summed E-state index contributed by atoms with van der Waals surface area (Å²) in [6.45, 7) is 5.92. The van der Waals surface area contributed by atoms with E-state index < -0.39 is 12.1 Å². The number of rotatable bonds is 6. The number of aryl methyl sites for hydroxylation is 1. The van der Waals surface area contributed by atoms with E-state index >= 15 is 0 Å². The molecular weight excluding hydrogens is 306 g/mol. The molecule has 0 fully saturated rings. The molecule has 0 aliphatic carbocycles. The van der Waals surface area contributed by atoms with E-state index in [4.69, 9.17) is 9.47 Å². The fourth-order valence-corrected chi connectivity index (χ4v) is 2.10. The first-order valence-electron chi connectivity index (χ1n) is 7.81. The van der Waals surface area contributed by atoms with Crippen molar-refractivity contribution in [2.45, 2.75) is 26.9 Å². The van der Waals surface area contributed by atoms with Gasteiger partial charge in [0.2, 0.25) is 0 Å². The Labute approximate surface area is 141 Å². The maximum absolute atomic E-state index is 12.1. The zero-order valence-electron chi connectivity index (χ0n) is 14.0. The molecule has 1 N–H and O–H groups in total. The topological polar surface area (TPSA) is 64.6 Å². The lowest BCUT2D eigenvalue weighted by Crippen LogP contribution is -2.30. The minimum Gasteiger partial charge on any atom is -0.494 e. The molecule has 0 heterocycles. The van der Waals surface area contributed by atoms with Gasteiger partial charge in [0.1, 0.15) is 5.75 Å². The smallest absolute Gasteiger partial charge is 0.338 e. The standard InChI is InChI=1S/C19H21NO4/c1-4-23-17-10-8-15(9-11-17)19(22)24-14(3)18(21)20-16-7-5-6-13(2)12-16/h5-12,14H,4H2,1-3H3,(H,20,21)/t14-/m1/s1. The number of ether oxygens (including phenoxy) is 2. The van der Waals surface area contributed by atoms with Gasteiger partial charge in [-0.05, 0) is 62.7 Å². The van der Waals surface area contributed by atoms with Crippen LogP contribution in [0.4, 0.5) is 5.69 Å². The molecule has 0 aliphatic rings. The van der Waals surface area contributed by atoms with E-state index in [9.17, 15) is 9.59 Å². The van der Waals surface area contributed by atoms with E-state index in [-0.39, 0.29) is 5.91 Å². The van der Waals surface area contributed by atoms with Crippen molar-refractivity contribution in [2.75, 3.05) is 11.9 Å². The summed E-state index contributed by atoms with van der Waals surface area (Å²) in [4.78, 5) is 24.2. The zero-order chi connectivity index (χ0) is 17.5. The molecule has 5 heteroatoms. The van der Waals surface area contributed by atoms with Gasteiger partial charge in [-0.1, -0.05) is 12.1 Å². The van der Waals surface area contributed by atoms with Crippen molar-refractivity contribution in [3.63, 3.8) is 0 Å². The second kappa shape index (κ2) is 8.15. The summed E-state index contributed by atoms with van der Waals surface area (Å²) in [7, 11) is 0. The maximum atomic E-state index is 12.1. The first-order chi connectivity index (χ1) is 11.5. The minimum atomic E-state index is -0.899. The van der Waals surface area contributed by atoms with Gasteiger partial charge in [0.05, 0.1) is 12.2 Å². The summed E-state index contributed by atoms with van der Waals surface area (Å²) in [5, 5.41) is 2.73. The highest BCUT2D eigenvalue weighted by molar-refractivity contribution is 5.97. The quantitative estimate of drug-likeness (QED) is 0.824. The molecule has 2 aromatic carbocycles. The molecule has 0 spiro atoms. The summed E-state index contributed by atoms with van der Waals surface area (Å²) in [5.41, 5.74) is 2.07. The van der Waals surface area contributed by atoms with Crippen LogP contribution in [0.15, 0.2) is 48.5 Å². The molecule has 0 bridgehead atoms. The lowest BCUT2D eigenvalue weighted by atomic mass is 10.2. The van der Waals surface area contributed by atoms with Crippen molar-refractivity contribution >= 4 is 17.6 Å². The predicted molar refractivity (Wildman–Crippen MR) is 92.3 cm³/mol. The van der Waals surface area contributed by atoms with Crippen LogP contribution in [0.3, 0.4) is 0 Å². The van der Waals surface area contributed by atoms with Gasteiger partial charge in [-0.2, -0.15) is 0 Å². The second-order valence-electron chi connectivity index (χ2n) is 5.36. The Balaban J connectivity index is 1.93. The predicted octanol–water partition coefficient (Wildman–Crippen LogP) is 3.58. The van der Waals surface area contributed by atoms with E-state index in [2.05, 4.69) is 5.32 Å². The molecule has 0 aromatic heterocycles. The molecule has 1 atom stereocenters. The molecule has 24 heavy (non-hydrogen) atoms. The Kier molecular flexibility index (Phi) is 5.95. The molecule has 0 saturated carbocycles. The Hall–Kier alpha value is -2.82. The van der Waals surface area contributed by atoms with Gasteiger partial charge in [0.25, 0.3) is 5.91 Å². The van der Waals surface area contributed by atoms with Gasteiger partial charge < -0.3 is 14.8 Å². The highest BCUT2D eigenvalue weighted by Gasteiger charge is 2.19. The third-order valence-electron chi connectivity index (χ3n) is 3.34. The fraction of sp³-hybridized carbons (Fsp3) is 0.263. The zero-order valence-corrected chi connectivity index (χ0v) is 14.0. The molecule has 5 nitrogen and oxygen atoms in total. The number of carbonyl (C=O) groups excluding carboxylic acids is 2. The van der Waals surface area contributed by atoms with Crippen LogP contribution in [0.25, 0.3) is 0 Å². The lowest BCUT2D eigenvalue weighted by Gasteiger charge is -2.14. The molecule has 2 rings (SSSR count). The number of nitrogens with one attached hydrogen (secondary N) is 1. The van der Waals surface area contributed by atoms with Gasteiger partial charge in [0, 0.05) is 5.69 Å². The monoisotopic (exact) mass is 327 g/mol. The van der Waals surface area contributed by atoms with E-state index in [1.54, 1.807) is 30.3 Å². The van der Waals surface area contributed by atoms with Crippen molar-refractivity contribution in [3.8, 4) is 5.75 Å². The number of benzene rings is 2. The molecule has 0 saturated heterocycles. The molecular formula is C19H21NO4. The minimum absolute atomic E-state index is 0.369. The lowest BCUT2D eigenvalue weighted by molar-refractivity contribution is -0.123. The summed E-state index contributed by atoms with van der Waals surface area (Å²) >= 11 is 0. The molecule has 1 amide bonds. The molecule has 0 unspecified atom stereocenters. The van der Waals surface area contributed by atoms with Gasteiger partial charge in [-0.25, -0.2) is 4.79 Å². The molecule has 2 aromatic rings. The third-order valence-corrected chi connectivity index (χ3v) is 3.34. The van der Waals surface area contributed by atoms with E-state index in [1.165, 1.54) is 6.92 Å². The van der Waals surface area contributed by atoms with Crippen molar-refractivity contribution in [1.82, 2.24) is 0 Å². The van der Waals surface area contributed by atoms with E-state index in [1.807, 2.05) is 32.0 Å². The summed E-state index contributed by atoms with van der Waals surface area (Å²) in [5.74, 6) is -0.246. The van der Waals surface area contributed by atoms with Crippen LogP contribution >= 0.6 is 0 Å². The van der Waals surface area contributed by atoms with Crippen LogP contribution in [0.5, 0.6) is 5.75 Å². The number of anilines is 1. The SMILES string of the molecule is CCOc1ccc(C(=O)O[C@H](C)C(=O)Nc2cccc(C)c2)cc1. The van der Waals surface area contributed by atoms with Crippen LogP contribution < -0.4 is 10.1 Å². The number of hydrogen-bond donors (Lipinski definition) is 1. The van der Waals surface area contributed by atoms with Crippen LogP contribution in [-0.2, 0) is 9.53 Å². The van der Waals surface area contributed by atoms with Crippen molar-refractivity contribution in [1.29, 1.82) is 0 Å². The Morgan fingerprint density at radius 3 is 2.46 bits per heavy atom. The molecule has 0 aliphatic heterocycles. The normalized spacial score (nSPS) is 11.5. The maximum Gasteiger partial charge on any atom is 0.338 e. The number of esters is 1. The first kappa shape index (κ1) is 17.5. The fourth-order valence-electron chi connectivity index (χ4n) is 2.10. The van der Waals surface area contributed by atoms with Crippen LogP contribution in [-0.4, -0.2) is 24.6 Å². The first-order valence-corrected chi connectivity index (χ1v) is 7.81. The Morgan fingerprint density at radius 1 is 1.12 bits per heavy atom. The van der Waals surface area contributed by atoms with Crippen LogP contribution in [0, 0.1) is 6.92 Å². The summed E-state index contributed by atoms with van der Waals surface area (Å²) in [6.07, 6.45) is -0.899. The number of hydrogen-bond acceptors (Lipinski definition) is 4. The van der Waals surface area contributed by atoms with Gasteiger partial charge >= 0.3 is 5.97 Å². The number of carbonyl (C=O) groups is 2. The average Bonchev–Trinajstić information content (AvgIpc) is 2.55. The highest BCUT2D eigenvalue weighted by Crippen LogP contribution is 2.14. The van der Waals surface area contributed by atoms with Crippen LogP contribution in [0.1, 0.15) is 29.8 Å². The molecule has 0 radical (unpaired) electrons. The molecule has 126 valence electrons. The van der Waals surface area contributed by atoms with Crippen molar-refractivity contribution in [3.05, 3.63) is 59.7 Å². The van der Waals surface area contributed by atoms with Crippen molar-refractivity contribution < 1.29 is 19.1 Å². The number of amides is 1. The van der Waals surface area contributed by atoms with Gasteiger partial charge in [-0.15, -0.1) is 0 Å². The van der Waals surface area contributed by atoms with Gasteiger partial charge in [-0.3, -0.25) is 4.79 Å². The average molecular weight is 327 g/mol. The second-order valence-corrected chi connectivity index (χ2v) is 5.36. The van der Waals surface area contributed by atoms with E-state index in [0.29, 0.717) is 23.6 Å². The van der Waals surface area contributed by atoms with Crippen molar-refractivity contribution in [2.24, 2.45) is 0 Å². The Bertz CT molecular complexity index is 710. The Morgan fingerprint density at radius 2 is 1.83 bits per heavy atom. The largest absolute Gasteiger partial charge is 0.494 e. The third kappa shape index (κ3) is 4.84. The van der Waals surface area contributed by atoms with E-state index in [0.717, 1.165) is 5.56 Å². The summed E-state index contributed by atoms with van der Waals surface area (Å²) < 4.78 is 10.5. The van der Waals surface area contributed by atoms with Crippen LogP contribution in [0.2, 0.25) is 0 Å². The summed E-state index contributed by atoms with van der Waals surface area (Å²) in [6, 6.07) is 14.0. The highest BCUT2D eigenvalue weighted by atomic mass is 16.5.